The molecule has 18 heavy (non-hydrogen) atoms. The van der Waals surface area contributed by atoms with Gasteiger partial charge in [-0.2, -0.15) is 0 Å². The summed E-state index contributed by atoms with van der Waals surface area (Å²) in [6.07, 6.45) is 7.05. The van der Waals surface area contributed by atoms with Crippen molar-refractivity contribution >= 4 is 12.0 Å². The molecule has 100 valence electrons. The zero-order chi connectivity index (χ0) is 13.8. The van der Waals surface area contributed by atoms with Crippen LogP contribution in [0.3, 0.4) is 0 Å². The number of carboxylic acid groups (broad SMARTS) is 1. The number of carboxylic acids is 1. The van der Waals surface area contributed by atoms with Crippen molar-refractivity contribution in [1.82, 2.24) is 10.2 Å². The molecule has 2 N–H and O–H groups in total. The Kier molecular flexibility index (Phi) is 4.60. The van der Waals surface area contributed by atoms with Gasteiger partial charge in [0.1, 0.15) is 0 Å². The molecule has 0 aromatic rings. The maximum absolute atomic E-state index is 11.9. The van der Waals surface area contributed by atoms with E-state index in [0.29, 0.717) is 25.8 Å². The lowest BCUT2D eigenvalue weighted by atomic mass is 9.78. The van der Waals surface area contributed by atoms with Crippen LogP contribution >= 0.6 is 0 Å². The highest BCUT2D eigenvalue weighted by Gasteiger charge is 2.42. The molecule has 1 saturated heterocycles. The second kappa shape index (κ2) is 5.76. The Morgan fingerprint density at radius 3 is 2.78 bits per heavy atom. The summed E-state index contributed by atoms with van der Waals surface area (Å²) in [7, 11) is 0. The summed E-state index contributed by atoms with van der Waals surface area (Å²) in [4.78, 5) is 24.8. The predicted molar refractivity (Wildman–Crippen MR) is 68.0 cm³/mol. The molecule has 0 aliphatic carbocycles. The van der Waals surface area contributed by atoms with Crippen LogP contribution in [0.2, 0.25) is 0 Å². The number of nitrogens with zero attached hydrogens (tertiary/aromatic N) is 1. The first kappa shape index (κ1) is 14.4. The summed E-state index contributed by atoms with van der Waals surface area (Å²) < 4.78 is 0. The number of nitrogens with one attached hydrogen (secondary N) is 1. The van der Waals surface area contributed by atoms with Gasteiger partial charge in [0.25, 0.3) is 0 Å². The van der Waals surface area contributed by atoms with Gasteiger partial charge in [0.15, 0.2) is 0 Å². The topological polar surface area (TPSA) is 69.6 Å². The van der Waals surface area contributed by atoms with E-state index in [-0.39, 0.29) is 18.6 Å². The van der Waals surface area contributed by atoms with Crippen LogP contribution in [-0.2, 0) is 4.79 Å². The Bertz CT molecular complexity index is 375. The molecule has 0 bridgehead atoms. The average Bonchev–Trinajstić information content (AvgIpc) is 2.38. The van der Waals surface area contributed by atoms with Gasteiger partial charge in [0.2, 0.25) is 0 Å². The van der Waals surface area contributed by atoms with Crippen LogP contribution in [0.4, 0.5) is 4.79 Å². The Hall–Kier alpha value is -1.70. The van der Waals surface area contributed by atoms with Gasteiger partial charge >= 0.3 is 12.0 Å². The quantitative estimate of drug-likeness (QED) is 0.744. The van der Waals surface area contributed by atoms with E-state index in [0.717, 1.165) is 0 Å². The zero-order valence-corrected chi connectivity index (χ0v) is 10.9. The Balaban J connectivity index is 2.72. The number of terminal acetylenes is 1. The van der Waals surface area contributed by atoms with Crippen molar-refractivity contribution < 1.29 is 14.7 Å². The Morgan fingerprint density at radius 2 is 2.28 bits per heavy atom. The van der Waals surface area contributed by atoms with Crippen LogP contribution in [0.15, 0.2) is 0 Å². The summed E-state index contributed by atoms with van der Waals surface area (Å²) in [5, 5.41) is 12.0. The molecule has 1 rings (SSSR count). The number of carbonyl (C=O) groups is 2. The van der Waals surface area contributed by atoms with Crippen LogP contribution in [-0.4, -0.2) is 41.1 Å². The van der Waals surface area contributed by atoms with Crippen molar-refractivity contribution in [2.24, 2.45) is 5.41 Å². The summed E-state index contributed by atoms with van der Waals surface area (Å²) >= 11 is 0. The third-order valence-corrected chi connectivity index (χ3v) is 3.58. The van der Waals surface area contributed by atoms with Crippen molar-refractivity contribution in [1.29, 1.82) is 0 Å². The standard InChI is InChI=1S/C13H20N2O3/c1-4-10(3)14-12(18)15-8-6-7-13(5-2,9-15)11(16)17/h1,10H,5-9H2,2-3H3,(H,14,18)(H,16,17). The fourth-order valence-electron chi connectivity index (χ4n) is 2.24. The first-order chi connectivity index (χ1) is 8.45. The van der Waals surface area contributed by atoms with E-state index in [9.17, 15) is 14.7 Å². The van der Waals surface area contributed by atoms with Gasteiger partial charge < -0.3 is 15.3 Å². The van der Waals surface area contributed by atoms with Gasteiger partial charge in [-0.25, -0.2) is 4.79 Å². The lowest BCUT2D eigenvalue weighted by Crippen LogP contribution is -2.53. The highest BCUT2D eigenvalue weighted by molar-refractivity contribution is 5.79. The molecule has 0 aromatic heterocycles. The number of carbonyl (C=O) groups excluding carboxylic acids is 1. The minimum Gasteiger partial charge on any atom is -0.481 e. The van der Waals surface area contributed by atoms with Crippen LogP contribution in [0.25, 0.3) is 0 Å². The number of likely N-dealkylation sites (tertiary alicyclic amines) is 1. The van der Waals surface area contributed by atoms with Crippen molar-refractivity contribution in [3.05, 3.63) is 0 Å². The highest BCUT2D eigenvalue weighted by atomic mass is 16.4. The molecule has 2 unspecified atom stereocenters. The van der Waals surface area contributed by atoms with Crippen molar-refractivity contribution in [2.45, 2.75) is 39.2 Å². The first-order valence-corrected chi connectivity index (χ1v) is 6.20. The molecule has 0 saturated carbocycles. The molecule has 5 nitrogen and oxygen atoms in total. The van der Waals surface area contributed by atoms with Gasteiger partial charge in [0.05, 0.1) is 11.5 Å². The summed E-state index contributed by atoms with van der Waals surface area (Å²) in [5.74, 6) is 1.59. The third-order valence-electron chi connectivity index (χ3n) is 3.58. The predicted octanol–water partition coefficient (Wildman–Crippen LogP) is 1.29. The zero-order valence-electron chi connectivity index (χ0n) is 10.9. The molecule has 2 amide bonds. The van der Waals surface area contributed by atoms with E-state index in [4.69, 9.17) is 6.42 Å². The average molecular weight is 252 g/mol. The number of aliphatic carboxylic acids is 1. The molecule has 0 radical (unpaired) electrons. The van der Waals surface area contributed by atoms with Crippen LogP contribution < -0.4 is 5.32 Å². The maximum atomic E-state index is 11.9. The monoisotopic (exact) mass is 252 g/mol. The summed E-state index contributed by atoms with van der Waals surface area (Å²) in [5.41, 5.74) is -0.811. The van der Waals surface area contributed by atoms with E-state index in [1.165, 1.54) is 0 Å². The van der Waals surface area contributed by atoms with E-state index >= 15 is 0 Å². The van der Waals surface area contributed by atoms with Gasteiger partial charge in [-0.1, -0.05) is 12.8 Å². The largest absolute Gasteiger partial charge is 0.481 e. The summed E-state index contributed by atoms with van der Waals surface area (Å²) in [6, 6.07) is -0.625. The molecule has 5 heteroatoms. The van der Waals surface area contributed by atoms with Crippen LogP contribution in [0.1, 0.15) is 33.1 Å². The lowest BCUT2D eigenvalue weighted by Gasteiger charge is -2.39. The van der Waals surface area contributed by atoms with Gasteiger partial charge in [-0.15, -0.1) is 6.42 Å². The minimum absolute atomic E-state index is 0.252. The molecule has 1 fully saturated rings. The molecule has 0 spiro atoms. The third kappa shape index (κ3) is 2.95. The molecule has 1 aliphatic rings. The van der Waals surface area contributed by atoms with Crippen molar-refractivity contribution in [3.8, 4) is 12.3 Å². The molecule has 1 aliphatic heterocycles. The minimum atomic E-state index is -0.826. The van der Waals surface area contributed by atoms with Crippen LogP contribution in [0.5, 0.6) is 0 Å². The van der Waals surface area contributed by atoms with E-state index in [1.54, 1.807) is 11.8 Å². The number of piperidine rings is 1. The van der Waals surface area contributed by atoms with E-state index < -0.39 is 11.4 Å². The number of urea groups is 1. The Labute approximate surface area is 108 Å². The molecular weight excluding hydrogens is 232 g/mol. The highest BCUT2D eigenvalue weighted by Crippen LogP contribution is 2.33. The van der Waals surface area contributed by atoms with Crippen molar-refractivity contribution in [3.63, 3.8) is 0 Å². The fourth-order valence-corrected chi connectivity index (χ4v) is 2.24. The van der Waals surface area contributed by atoms with Gasteiger partial charge in [0, 0.05) is 13.1 Å². The van der Waals surface area contributed by atoms with Gasteiger partial charge in [-0.05, 0) is 26.2 Å². The van der Waals surface area contributed by atoms with Crippen molar-refractivity contribution in [2.75, 3.05) is 13.1 Å². The summed E-state index contributed by atoms with van der Waals surface area (Å²) in [6.45, 7) is 4.39. The Morgan fingerprint density at radius 1 is 1.61 bits per heavy atom. The SMILES string of the molecule is C#CC(C)NC(=O)N1CCCC(CC)(C(=O)O)C1. The molecule has 1 heterocycles. The van der Waals surface area contributed by atoms with E-state index in [1.807, 2.05) is 6.92 Å². The first-order valence-electron chi connectivity index (χ1n) is 6.20. The number of hydrogen-bond acceptors (Lipinski definition) is 2. The normalized spacial score (nSPS) is 25.1. The molecular formula is C13H20N2O3. The number of rotatable bonds is 3. The van der Waals surface area contributed by atoms with E-state index in [2.05, 4.69) is 11.2 Å². The molecule has 0 aromatic carbocycles. The smallest absolute Gasteiger partial charge is 0.318 e. The molecule has 2 atom stereocenters. The lowest BCUT2D eigenvalue weighted by molar-refractivity contribution is -0.152. The van der Waals surface area contributed by atoms with Crippen LogP contribution in [0, 0.1) is 17.8 Å². The second-order valence-corrected chi connectivity index (χ2v) is 4.80. The fraction of sp³-hybridized carbons (Fsp3) is 0.692. The maximum Gasteiger partial charge on any atom is 0.318 e. The number of hydrogen-bond donors (Lipinski definition) is 2. The van der Waals surface area contributed by atoms with Gasteiger partial charge in [-0.3, -0.25) is 4.79 Å². The number of amides is 2. The second-order valence-electron chi connectivity index (χ2n) is 4.80.